The van der Waals surface area contributed by atoms with Crippen molar-refractivity contribution in [1.82, 2.24) is 0 Å². The van der Waals surface area contributed by atoms with E-state index in [1.165, 1.54) is 0 Å². The van der Waals surface area contributed by atoms with Gasteiger partial charge in [0.25, 0.3) is 23.9 Å². The van der Waals surface area contributed by atoms with Crippen LogP contribution in [0.2, 0.25) is 0 Å². The zero-order valence-corrected chi connectivity index (χ0v) is 11.8. The van der Waals surface area contributed by atoms with Gasteiger partial charge in [-0.05, 0) is 0 Å². The smallest absolute Gasteiger partial charge is 0.300 e. The molecule has 0 saturated carbocycles. The standard InChI is InChI=1S/4C2H4O2.C2H6O/c4*1-2(3)4;1-3-2/h4*1H3,(H,3,4);1-2H3. The minimum atomic E-state index is -0.833. The van der Waals surface area contributed by atoms with Gasteiger partial charge in [-0.1, -0.05) is 0 Å². The number of aliphatic carboxylic acids is 4. The molecule has 0 fully saturated rings. The van der Waals surface area contributed by atoms with Gasteiger partial charge in [0.15, 0.2) is 0 Å². The van der Waals surface area contributed by atoms with E-state index in [9.17, 15) is 0 Å². The molecule has 116 valence electrons. The molecular formula is C10H22O9. The molecule has 0 bridgehead atoms. The van der Waals surface area contributed by atoms with E-state index >= 15 is 0 Å². The maximum Gasteiger partial charge on any atom is 0.300 e. The van der Waals surface area contributed by atoms with E-state index in [0.717, 1.165) is 27.7 Å². The maximum atomic E-state index is 9.00. The molecular weight excluding hydrogens is 264 g/mol. The fourth-order valence-corrected chi connectivity index (χ4v) is 0. The van der Waals surface area contributed by atoms with Gasteiger partial charge < -0.3 is 25.2 Å². The molecule has 19 heavy (non-hydrogen) atoms. The van der Waals surface area contributed by atoms with Crippen LogP contribution >= 0.6 is 0 Å². The van der Waals surface area contributed by atoms with Crippen LogP contribution in [0.15, 0.2) is 0 Å². The summed E-state index contributed by atoms with van der Waals surface area (Å²) in [5, 5.41) is 29.7. The van der Waals surface area contributed by atoms with Crippen molar-refractivity contribution < 1.29 is 44.3 Å². The molecule has 4 N–H and O–H groups in total. The Labute approximate surface area is 111 Å². The summed E-state index contributed by atoms with van der Waals surface area (Å²) >= 11 is 0. The first-order valence-corrected chi connectivity index (χ1v) is 4.53. The SMILES string of the molecule is CC(=O)O.CC(=O)O.CC(=O)O.CC(=O)O.COC. The molecule has 0 heterocycles. The van der Waals surface area contributed by atoms with Crippen LogP contribution in [-0.2, 0) is 23.9 Å². The summed E-state index contributed by atoms with van der Waals surface area (Å²) in [4.78, 5) is 36.0. The predicted octanol–water partition coefficient (Wildman–Crippen LogP) is 0.626. The lowest BCUT2D eigenvalue weighted by Gasteiger charge is -1.61. The monoisotopic (exact) mass is 286 g/mol. The zero-order valence-electron chi connectivity index (χ0n) is 11.8. The van der Waals surface area contributed by atoms with Gasteiger partial charge in [0.2, 0.25) is 0 Å². The fourth-order valence-electron chi connectivity index (χ4n) is 0. The summed E-state index contributed by atoms with van der Waals surface area (Å²) in [6.07, 6.45) is 0. The zero-order chi connectivity index (χ0) is 17.0. The van der Waals surface area contributed by atoms with E-state index in [0.29, 0.717) is 0 Å². The highest BCUT2D eigenvalue weighted by Gasteiger charge is 1.66. The second-order valence-corrected chi connectivity index (χ2v) is 2.48. The minimum absolute atomic E-state index is 0.833. The molecule has 0 aromatic carbocycles. The van der Waals surface area contributed by atoms with Crippen molar-refractivity contribution in [3.05, 3.63) is 0 Å². The molecule has 0 aliphatic carbocycles. The van der Waals surface area contributed by atoms with Crippen LogP contribution in [0.4, 0.5) is 0 Å². The number of carboxylic acids is 4. The molecule has 9 nitrogen and oxygen atoms in total. The Hall–Kier alpha value is -2.16. The van der Waals surface area contributed by atoms with Gasteiger partial charge in [0.1, 0.15) is 0 Å². The lowest BCUT2D eigenvalue weighted by atomic mass is 10.9. The van der Waals surface area contributed by atoms with Crippen LogP contribution < -0.4 is 0 Å². The number of carbonyl (C=O) groups is 4. The fraction of sp³-hybridized carbons (Fsp3) is 0.600. The van der Waals surface area contributed by atoms with Crippen LogP contribution in [-0.4, -0.2) is 58.5 Å². The van der Waals surface area contributed by atoms with Crippen LogP contribution in [0.5, 0.6) is 0 Å². The van der Waals surface area contributed by atoms with Gasteiger partial charge in [0, 0.05) is 41.9 Å². The Bertz CT molecular complexity index is 171. The summed E-state index contributed by atoms with van der Waals surface area (Å²) in [6, 6.07) is 0. The Morgan fingerprint density at radius 1 is 0.579 bits per heavy atom. The molecule has 0 amide bonds. The molecule has 0 aliphatic rings. The summed E-state index contributed by atoms with van der Waals surface area (Å²) in [7, 11) is 3.25. The predicted molar refractivity (Wildman–Crippen MR) is 66.2 cm³/mol. The van der Waals surface area contributed by atoms with Gasteiger partial charge in [-0.25, -0.2) is 0 Å². The first-order chi connectivity index (χ1) is 8.34. The summed E-state index contributed by atoms with van der Waals surface area (Å²) < 4.78 is 4.25. The van der Waals surface area contributed by atoms with Crippen molar-refractivity contribution in [1.29, 1.82) is 0 Å². The van der Waals surface area contributed by atoms with Gasteiger partial charge in [-0.3, -0.25) is 19.2 Å². The third kappa shape index (κ3) is 650. The van der Waals surface area contributed by atoms with Crippen LogP contribution in [0.1, 0.15) is 27.7 Å². The maximum absolute atomic E-state index is 9.00. The summed E-state index contributed by atoms with van der Waals surface area (Å²) in [5.41, 5.74) is 0. The second kappa shape index (κ2) is 29.7. The number of rotatable bonds is 0. The van der Waals surface area contributed by atoms with Crippen molar-refractivity contribution in [3.63, 3.8) is 0 Å². The highest BCUT2D eigenvalue weighted by Crippen LogP contribution is 1.43. The van der Waals surface area contributed by atoms with E-state index in [4.69, 9.17) is 39.6 Å². The Morgan fingerprint density at radius 3 is 0.579 bits per heavy atom. The topological polar surface area (TPSA) is 158 Å². The third-order valence-electron chi connectivity index (χ3n) is 0. The Morgan fingerprint density at radius 2 is 0.579 bits per heavy atom. The van der Waals surface area contributed by atoms with Gasteiger partial charge in [-0.2, -0.15) is 0 Å². The molecule has 0 saturated heterocycles. The number of carboxylic acid groups (broad SMARTS) is 4. The first kappa shape index (κ1) is 30.1. The van der Waals surface area contributed by atoms with Crippen molar-refractivity contribution >= 4 is 23.9 Å². The quantitative estimate of drug-likeness (QED) is 0.500. The average molecular weight is 286 g/mol. The molecule has 0 rings (SSSR count). The number of methoxy groups -OCH3 is 1. The average Bonchev–Trinajstić information content (AvgIpc) is 1.97. The highest BCUT2D eigenvalue weighted by molar-refractivity contribution is 5.63. The van der Waals surface area contributed by atoms with Crippen LogP contribution in [0.25, 0.3) is 0 Å². The Balaban J connectivity index is -0.0000000432. The molecule has 0 unspecified atom stereocenters. The summed E-state index contributed by atoms with van der Waals surface area (Å²) in [5.74, 6) is -3.33. The lowest BCUT2D eigenvalue weighted by molar-refractivity contribution is -0.135. The van der Waals surface area contributed by atoms with E-state index in [-0.39, 0.29) is 0 Å². The first-order valence-electron chi connectivity index (χ1n) is 4.53. The minimum Gasteiger partial charge on any atom is -0.481 e. The highest BCUT2D eigenvalue weighted by atomic mass is 16.4. The van der Waals surface area contributed by atoms with Crippen molar-refractivity contribution in [3.8, 4) is 0 Å². The molecule has 0 radical (unpaired) electrons. The van der Waals surface area contributed by atoms with Gasteiger partial charge in [0.05, 0.1) is 0 Å². The number of hydrogen-bond donors (Lipinski definition) is 4. The van der Waals surface area contributed by atoms with E-state index in [2.05, 4.69) is 4.74 Å². The largest absolute Gasteiger partial charge is 0.481 e. The molecule has 0 spiro atoms. The van der Waals surface area contributed by atoms with Crippen LogP contribution in [0, 0.1) is 0 Å². The third-order valence-corrected chi connectivity index (χ3v) is 0. The van der Waals surface area contributed by atoms with Crippen molar-refractivity contribution in [2.24, 2.45) is 0 Å². The van der Waals surface area contributed by atoms with Crippen molar-refractivity contribution in [2.75, 3.05) is 14.2 Å². The number of ether oxygens (including phenoxy) is 1. The molecule has 9 heteroatoms. The molecule has 0 aromatic heterocycles. The molecule has 0 atom stereocenters. The second-order valence-electron chi connectivity index (χ2n) is 2.48. The molecule has 0 aromatic rings. The summed E-state index contributed by atoms with van der Waals surface area (Å²) in [6.45, 7) is 4.33. The van der Waals surface area contributed by atoms with E-state index < -0.39 is 23.9 Å². The van der Waals surface area contributed by atoms with E-state index in [1.54, 1.807) is 14.2 Å². The van der Waals surface area contributed by atoms with Gasteiger partial charge >= 0.3 is 0 Å². The van der Waals surface area contributed by atoms with E-state index in [1.807, 2.05) is 0 Å². The molecule has 0 aliphatic heterocycles. The Kier molecular flexibility index (Phi) is 47.1. The number of hydrogen-bond acceptors (Lipinski definition) is 5. The van der Waals surface area contributed by atoms with Crippen LogP contribution in [0.3, 0.4) is 0 Å². The normalized spacial score (nSPS) is 6.21. The lowest BCUT2D eigenvalue weighted by Crippen LogP contribution is -1.78. The van der Waals surface area contributed by atoms with Gasteiger partial charge in [-0.15, -0.1) is 0 Å². The van der Waals surface area contributed by atoms with Crippen molar-refractivity contribution in [2.45, 2.75) is 27.7 Å².